The van der Waals surface area contributed by atoms with Gasteiger partial charge >= 0.3 is 6.03 Å². The number of amides is 4. The van der Waals surface area contributed by atoms with Crippen LogP contribution in [-0.4, -0.2) is 35.0 Å². The number of phenols is 1. The zero-order chi connectivity index (χ0) is 22.0. The van der Waals surface area contributed by atoms with Crippen molar-refractivity contribution in [2.75, 3.05) is 12.0 Å². The number of nitro groups is 1. The van der Waals surface area contributed by atoms with Gasteiger partial charge in [0.25, 0.3) is 17.5 Å². The molecule has 2 aromatic carbocycles. The second-order valence-corrected chi connectivity index (χ2v) is 6.32. The number of methoxy groups -OCH3 is 1. The molecular weight excluding hydrogens is 394 g/mol. The van der Waals surface area contributed by atoms with Crippen LogP contribution in [-0.2, 0) is 16.0 Å². The van der Waals surface area contributed by atoms with Crippen LogP contribution in [0.2, 0.25) is 0 Å². The number of nitrogens with one attached hydrogen (secondary N) is 1. The van der Waals surface area contributed by atoms with E-state index in [1.54, 1.807) is 24.3 Å². The summed E-state index contributed by atoms with van der Waals surface area (Å²) in [6.07, 6.45) is 1.74. The average Bonchev–Trinajstić information content (AvgIpc) is 2.72. The number of imide groups is 2. The number of benzene rings is 2. The highest BCUT2D eigenvalue weighted by molar-refractivity contribution is 6.39. The number of barbiturate groups is 1. The minimum Gasteiger partial charge on any atom is -0.504 e. The lowest BCUT2D eigenvalue weighted by molar-refractivity contribution is -0.385. The normalized spacial score (nSPS) is 15.3. The molecule has 1 saturated heterocycles. The molecule has 1 heterocycles. The number of hydrogen-bond donors (Lipinski definition) is 2. The predicted molar refractivity (Wildman–Crippen MR) is 106 cm³/mol. The van der Waals surface area contributed by atoms with E-state index in [1.807, 2.05) is 6.92 Å². The van der Waals surface area contributed by atoms with Gasteiger partial charge in [0.2, 0.25) is 0 Å². The Labute approximate surface area is 170 Å². The summed E-state index contributed by atoms with van der Waals surface area (Å²) < 4.78 is 4.91. The lowest BCUT2D eigenvalue weighted by Gasteiger charge is -2.26. The van der Waals surface area contributed by atoms with Crippen molar-refractivity contribution >= 4 is 35.3 Å². The number of carbonyl (C=O) groups excluding carboxylic acids is 3. The van der Waals surface area contributed by atoms with Gasteiger partial charge in [0.1, 0.15) is 5.57 Å². The summed E-state index contributed by atoms with van der Waals surface area (Å²) in [5.74, 6) is -2.62. The zero-order valence-electron chi connectivity index (χ0n) is 16.0. The van der Waals surface area contributed by atoms with E-state index >= 15 is 0 Å². The number of carbonyl (C=O) groups is 3. The Bertz CT molecular complexity index is 1090. The van der Waals surface area contributed by atoms with Crippen molar-refractivity contribution in [1.82, 2.24) is 5.32 Å². The number of aryl methyl sites for hydroxylation is 1. The monoisotopic (exact) mass is 411 g/mol. The molecule has 0 aliphatic carbocycles. The third-order valence-corrected chi connectivity index (χ3v) is 4.52. The van der Waals surface area contributed by atoms with E-state index in [9.17, 15) is 29.6 Å². The van der Waals surface area contributed by atoms with Crippen LogP contribution in [0.25, 0.3) is 6.08 Å². The smallest absolute Gasteiger partial charge is 0.335 e. The number of phenolic OH excluding ortho intramolecular Hbond substituents is 1. The molecule has 10 heteroatoms. The number of rotatable bonds is 5. The molecule has 154 valence electrons. The van der Waals surface area contributed by atoms with E-state index in [-0.39, 0.29) is 17.0 Å². The summed E-state index contributed by atoms with van der Waals surface area (Å²) in [6, 6.07) is 7.69. The Balaban J connectivity index is 2.08. The molecule has 10 nitrogen and oxygen atoms in total. The molecule has 2 aromatic rings. The fraction of sp³-hybridized carbons (Fsp3) is 0.150. The average molecular weight is 411 g/mol. The third kappa shape index (κ3) is 3.70. The van der Waals surface area contributed by atoms with Gasteiger partial charge in [0, 0.05) is 11.6 Å². The Kier molecular flexibility index (Phi) is 5.50. The van der Waals surface area contributed by atoms with Crippen LogP contribution in [0.4, 0.5) is 16.2 Å². The third-order valence-electron chi connectivity index (χ3n) is 4.52. The van der Waals surface area contributed by atoms with Gasteiger partial charge in [-0.2, -0.15) is 0 Å². The highest BCUT2D eigenvalue weighted by atomic mass is 16.6. The summed E-state index contributed by atoms with van der Waals surface area (Å²) in [7, 11) is 1.20. The number of anilines is 1. The van der Waals surface area contributed by atoms with Crippen molar-refractivity contribution < 1.29 is 29.2 Å². The minimum atomic E-state index is -0.990. The molecule has 0 spiro atoms. The molecule has 0 bridgehead atoms. The SMILES string of the molecule is CCc1ccc(N2C(=O)NC(=O)/C(=C/c3cc([N+](=O)[O-])cc(OC)c3O)C2=O)cc1. The van der Waals surface area contributed by atoms with Crippen LogP contribution >= 0.6 is 0 Å². The maximum Gasteiger partial charge on any atom is 0.335 e. The van der Waals surface area contributed by atoms with Gasteiger partial charge in [0.05, 0.1) is 23.8 Å². The van der Waals surface area contributed by atoms with Crippen molar-refractivity contribution in [3.8, 4) is 11.5 Å². The van der Waals surface area contributed by atoms with Crippen LogP contribution in [0.5, 0.6) is 11.5 Å². The number of urea groups is 1. The molecular formula is C20H17N3O7. The van der Waals surface area contributed by atoms with Gasteiger partial charge in [-0.1, -0.05) is 19.1 Å². The largest absolute Gasteiger partial charge is 0.504 e. The summed E-state index contributed by atoms with van der Waals surface area (Å²) >= 11 is 0. The molecule has 0 aromatic heterocycles. The minimum absolute atomic E-state index is 0.185. The molecule has 3 rings (SSSR count). The molecule has 1 fully saturated rings. The Morgan fingerprint density at radius 1 is 1.20 bits per heavy atom. The molecule has 2 N–H and O–H groups in total. The lowest BCUT2D eigenvalue weighted by atomic mass is 10.0. The van der Waals surface area contributed by atoms with E-state index in [0.717, 1.165) is 35.1 Å². The molecule has 1 aliphatic rings. The second-order valence-electron chi connectivity index (χ2n) is 6.32. The van der Waals surface area contributed by atoms with Crippen LogP contribution in [0.15, 0.2) is 42.0 Å². The van der Waals surface area contributed by atoms with Gasteiger partial charge in [-0.05, 0) is 30.2 Å². The van der Waals surface area contributed by atoms with E-state index < -0.39 is 39.8 Å². The van der Waals surface area contributed by atoms with Crippen LogP contribution in [0.1, 0.15) is 18.1 Å². The van der Waals surface area contributed by atoms with Crippen molar-refractivity contribution in [1.29, 1.82) is 0 Å². The Morgan fingerprint density at radius 3 is 2.43 bits per heavy atom. The summed E-state index contributed by atoms with van der Waals surface area (Å²) in [5.41, 5.74) is 0.156. The number of aromatic hydroxyl groups is 1. The number of ether oxygens (including phenoxy) is 1. The number of nitrogens with zero attached hydrogens (tertiary/aromatic N) is 2. The number of hydrogen-bond acceptors (Lipinski definition) is 7. The fourth-order valence-corrected chi connectivity index (χ4v) is 2.91. The molecule has 1 aliphatic heterocycles. The highest BCUT2D eigenvalue weighted by Gasteiger charge is 2.37. The van der Waals surface area contributed by atoms with Gasteiger partial charge in [0.15, 0.2) is 11.5 Å². The number of nitro benzene ring substituents is 1. The molecule has 0 atom stereocenters. The van der Waals surface area contributed by atoms with Gasteiger partial charge in [-0.15, -0.1) is 0 Å². The van der Waals surface area contributed by atoms with Crippen LogP contribution in [0.3, 0.4) is 0 Å². The molecule has 30 heavy (non-hydrogen) atoms. The quantitative estimate of drug-likeness (QED) is 0.333. The van der Waals surface area contributed by atoms with Crippen molar-refractivity contribution in [3.05, 3.63) is 63.2 Å². The van der Waals surface area contributed by atoms with Crippen LogP contribution < -0.4 is 15.0 Å². The van der Waals surface area contributed by atoms with E-state index in [0.29, 0.717) is 0 Å². The standard InChI is InChI=1S/C20H17N3O7/c1-3-11-4-6-13(7-5-11)22-19(26)15(18(25)21-20(22)27)9-12-8-14(23(28)29)10-16(30-2)17(12)24/h4-10,24H,3H2,1-2H3,(H,21,25,27)/b15-9-. The van der Waals surface area contributed by atoms with Gasteiger partial charge in [-0.25, -0.2) is 9.69 Å². The molecule has 0 radical (unpaired) electrons. The molecule has 0 unspecified atom stereocenters. The predicted octanol–water partition coefficient (Wildman–Crippen LogP) is 2.54. The summed E-state index contributed by atoms with van der Waals surface area (Å²) in [6.45, 7) is 1.95. The van der Waals surface area contributed by atoms with E-state index in [4.69, 9.17) is 4.74 Å². The van der Waals surface area contributed by atoms with Crippen molar-refractivity contribution in [2.45, 2.75) is 13.3 Å². The van der Waals surface area contributed by atoms with Gasteiger partial charge < -0.3 is 9.84 Å². The Hall–Kier alpha value is -4.21. The molecule has 4 amide bonds. The van der Waals surface area contributed by atoms with Crippen LogP contribution in [0, 0.1) is 10.1 Å². The van der Waals surface area contributed by atoms with Crippen molar-refractivity contribution in [3.63, 3.8) is 0 Å². The topological polar surface area (TPSA) is 139 Å². The summed E-state index contributed by atoms with van der Waals surface area (Å²) in [5, 5.41) is 23.5. The first-order valence-corrected chi connectivity index (χ1v) is 8.82. The van der Waals surface area contributed by atoms with Crippen molar-refractivity contribution in [2.24, 2.45) is 0 Å². The highest BCUT2D eigenvalue weighted by Crippen LogP contribution is 2.36. The van der Waals surface area contributed by atoms with Gasteiger partial charge in [-0.3, -0.25) is 25.0 Å². The lowest BCUT2D eigenvalue weighted by Crippen LogP contribution is -2.54. The number of non-ortho nitro benzene ring substituents is 1. The van der Waals surface area contributed by atoms with E-state index in [2.05, 4.69) is 5.32 Å². The first-order chi connectivity index (χ1) is 14.3. The maximum atomic E-state index is 12.9. The maximum absolute atomic E-state index is 12.9. The second kappa shape index (κ2) is 8.03. The first-order valence-electron chi connectivity index (χ1n) is 8.82. The summed E-state index contributed by atoms with van der Waals surface area (Å²) in [4.78, 5) is 48.7. The molecule has 0 saturated carbocycles. The zero-order valence-corrected chi connectivity index (χ0v) is 16.0. The fourth-order valence-electron chi connectivity index (χ4n) is 2.91. The van der Waals surface area contributed by atoms with E-state index in [1.165, 1.54) is 7.11 Å². The Morgan fingerprint density at radius 2 is 1.87 bits per heavy atom. The first kappa shape index (κ1) is 20.5.